The van der Waals surface area contributed by atoms with Crippen LogP contribution in [0.4, 0.5) is 5.69 Å². The lowest BCUT2D eigenvalue weighted by Gasteiger charge is -2.13. The third kappa shape index (κ3) is 2.60. The molecule has 0 aliphatic heterocycles. The summed E-state index contributed by atoms with van der Waals surface area (Å²) in [4.78, 5) is 32.3. The number of ether oxygens (including phenoxy) is 1. The summed E-state index contributed by atoms with van der Waals surface area (Å²) in [6.45, 7) is 0. The molecule has 0 heterocycles. The Bertz CT molecular complexity index is 544. The number of nitro groups is 1. The van der Waals surface area contributed by atoms with Gasteiger partial charge in [0.1, 0.15) is 5.75 Å². The monoisotopic (exact) mass is 247 g/mol. The highest BCUT2D eigenvalue weighted by molar-refractivity contribution is 6.05. The number of ketones is 1. The number of rotatable bonds is 3. The van der Waals surface area contributed by atoms with Gasteiger partial charge in [0.25, 0.3) is 5.69 Å². The molecule has 1 saturated carbocycles. The van der Waals surface area contributed by atoms with Crippen molar-refractivity contribution in [2.24, 2.45) is 0 Å². The summed E-state index contributed by atoms with van der Waals surface area (Å²) in [5, 5.41) is 10.4. The molecular formula is C12H9NO5. The van der Waals surface area contributed by atoms with Crippen molar-refractivity contribution in [1.82, 2.24) is 0 Å². The maximum Gasteiger partial charge on any atom is 0.336 e. The van der Waals surface area contributed by atoms with Crippen molar-refractivity contribution in [3.05, 3.63) is 46.0 Å². The third-order valence-corrected chi connectivity index (χ3v) is 2.54. The first kappa shape index (κ1) is 12.0. The smallest absolute Gasteiger partial charge is 0.336 e. The van der Waals surface area contributed by atoms with Crippen molar-refractivity contribution < 1.29 is 19.2 Å². The highest BCUT2D eigenvalue weighted by Gasteiger charge is 2.21. The second-order valence-electron chi connectivity index (χ2n) is 3.76. The molecule has 6 nitrogen and oxygen atoms in total. The fraction of sp³-hybridized carbons (Fsp3) is 0.167. The SMILES string of the molecule is O=C(/C=C1/CCC1=O)Oc1ccc([N+](=O)[O-])cc1. The van der Waals surface area contributed by atoms with Gasteiger partial charge in [0.15, 0.2) is 5.78 Å². The van der Waals surface area contributed by atoms with Crippen molar-refractivity contribution in [1.29, 1.82) is 0 Å². The Balaban J connectivity index is 2.01. The number of nitrogens with zero attached hydrogens (tertiary/aromatic N) is 1. The summed E-state index contributed by atoms with van der Waals surface area (Å²) >= 11 is 0. The Kier molecular flexibility index (Phi) is 3.18. The lowest BCUT2D eigenvalue weighted by Crippen LogP contribution is -2.17. The molecule has 1 aliphatic rings. The highest BCUT2D eigenvalue weighted by atomic mass is 16.6. The molecule has 0 saturated heterocycles. The number of benzene rings is 1. The van der Waals surface area contributed by atoms with E-state index in [1.54, 1.807) is 0 Å². The fourth-order valence-electron chi connectivity index (χ4n) is 1.45. The number of carbonyl (C=O) groups is 2. The maximum atomic E-state index is 11.4. The van der Waals surface area contributed by atoms with Gasteiger partial charge < -0.3 is 4.74 Å². The molecule has 1 fully saturated rings. The van der Waals surface area contributed by atoms with Crippen LogP contribution in [0.15, 0.2) is 35.9 Å². The van der Waals surface area contributed by atoms with E-state index in [1.807, 2.05) is 0 Å². The Hall–Kier alpha value is -2.50. The van der Waals surface area contributed by atoms with Crippen LogP contribution in [0.2, 0.25) is 0 Å². The average Bonchev–Trinajstić information content (AvgIpc) is 2.35. The van der Waals surface area contributed by atoms with E-state index >= 15 is 0 Å². The van der Waals surface area contributed by atoms with Crippen molar-refractivity contribution in [3.63, 3.8) is 0 Å². The molecule has 0 bridgehead atoms. The molecule has 0 N–H and O–H groups in total. The number of esters is 1. The summed E-state index contributed by atoms with van der Waals surface area (Å²) in [6, 6.07) is 5.14. The van der Waals surface area contributed by atoms with Crippen molar-refractivity contribution in [2.75, 3.05) is 0 Å². The molecule has 0 amide bonds. The van der Waals surface area contributed by atoms with E-state index in [9.17, 15) is 19.7 Å². The minimum Gasteiger partial charge on any atom is -0.423 e. The van der Waals surface area contributed by atoms with Crippen molar-refractivity contribution in [2.45, 2.75) is 12.8 Å². The minimum absolute atomic E-state index is 0.0457. The average molecular weight is 247 g/mol. The van der Waals surface area contributed by atoms with E-state index in [0.717, 1.165) is 6.08 Å². The fourth-order valence-corrected chi connectivity index (χ4v) is 1.45. The predicted molar refractivity (Wildman–Crippen MR) is 61.1 cm³/mol. The highest BCUT2D eigenvalue weighted by Crippen LogP contribution is 2.22. The molecule has 0 atom stereocenters. The third-order valence-electron chi connectivity index (χ3n) is 2.54. The molecule has 1 aliphatic carbocycles. The summed E-state index contributed by atoms with van der Waals surface area (Å²) < 4.78 is 4.91. The standard InChI is InChI=1S/C12H9NO5/c14-11-6-1-8(11)7-12(15)18-10-4-2-9(3-5-10)13(16)17/h2-5,7H,1,6H2/b8-7-. The van der Waals surface area contributed by atoms with Crippen molar-refractivity contribution >= 4 is 17.4 Å². The lowest BCUT2D eigenvalue weighted by atomic mass is 9.90. The topological polar surface area (TPSA) is 86.5 Å². The molecule has 1 aromatic rings. The summed E-state index contributed by atoms with van der Waals surface area (Å²) in [6.07, 6.45) is 2.22. The van der Waals surface area contributed by atoms with Gasteiger partial charge in [-0.2, -0.15) is 0 Å². The zero-order valence-electron chi connectivity index (χ0n) is 9.29. The van der Waals surface area contributed by atoms with E-state index in [2.05, 4.69) is 0 Å². The Morgan fingerprint density at radius 1 is 1.28 bits per heavy atom. The first-order valence-corrected chi connectivity index (χ1v) is 5.26. The Morgan fingerprint density at radius 2 is 1.94 bits per heavy atom. The van der Waals surface area contributed by atoms with Gasteiger partial charge in [-0.05, 0) is 18.6 Å². The summed E-state index contributed by atoms with van der Waals surface area (Å²) in [7, 11) is 0. The van der Waals surface area contributed by atoms with Gasteiger partial charge in [-0.25, -0.2) is 4.79 Å². The van der Waals surface area contributed by atoms with Crippen LogP contribution < -0.4 is 4.74 Å². The first-order valence-electron chi connectivity index (χ1n) is 5.26. The second-order valence-corrected chi connectivity index (χ2v) is 3.76. The molecule has 0 aromatic heterocycles. The van der Waals surface area contributed by atoms with Gasteiger partial charge in [0.05, 0.1) is 4.92 Å². The molecule has 6 heteroatoms. The van der Waals surface area contributed by atoms with Crippen LogP contribution >= 0.6 is 0 Å². The summed E-state index contributed by atoms with van der Waals surface area (Å²) in [5.41, 5.74) is 0.379. The van der Waals surface area contributed by atoms with Crippen LogP contribution in [0.5, 0.6) is 5.75 Å². The zero-order chi connectivity index (χ0) is 13.1. The van der Waals surface area contributed by atoms with E-state index in [1.165, 1.54) is 24.3 Å². The van der Waals surface area contributed by atoms with Gasteiger partial charge >= 0.3 is 5.97 Å². The number of hydrogen-bond donors (Lipinski definition) is 0. The van der Waals surface area contributed by atoms with Gasteiger partial charge in [0, 0.05) is 30.2 Å². The molecule has 18 heavy (non-hydrogen) atoms. The quantitative estimate of drug-likeness (QED) is 0.267. The molecule has 2 rings (SSSR count). The Morgan fingerprint density at radius 3 is 2.39 bits per heavy atom. The summed E-state index contributed by atoms with van der Waals surface area (Å²) in [5.74, 6) is -0.489. The molecular weight excluding hydrogens is 238 g/mol. The zero-order valence-corrected chi connectivity index (χ0v) is 9.29. The van der Waals surface area contributed by atoms with E-state index < -0.39 is 10.9 Å². The van der Waals surface area contributed by atoms with Crippen LogP contribution in [0.3, 0.4) is 0 Å². The van der Waals surface area contributed by atoms with E-state index in [0.29, 0.717) is 18.4 Å². The van der Waals surface area contributed by atoms with Gasteiger partial charge in [-0.1, -0.05) is 0 Å². The number of carbonyl (C=O) groups excluding carboxylic acids is 2. The van der Waals surface area contributed by atoms with Crippen molar-refractivity contribution in [3.8, 4) is 5.75 Å². The number of nitro benzene ring substituents is 1. The van der Waals surface area contributed by atoms with Gasteiger partial charge in [-0.3, -0.25) is 14.9 Å². The van der Waals surface area contributed by atoms with Gasteiger partial charge in [0.2, 0.25) is 0 Å². The molecule has 0 unspecified atom stereocenters. The van der Waals surface area contributed by atoms with E-state index in [4.69, 9.17) is 4.74 Å². The molecule has 0 radical (unpaired) electrons. The lowest BCUT2D eigenvalue weighted by molar-refractivity contribution is -0.384. The maximum absolute atomic E-state index is 11.4. The van der Waals surface area contributed by atoms with Gasteiger partial charge in [-0.15, -0.1) is 0 Å². The number of hydrogen-bond acceptors (Lipinski definition) is 5. The first-order chi connectivity index (χ1) is 8.56. The number of Topliss-reactive ketones (excluding diaryl/α,β-unsaturated/α-hetero) is 1. The van der Waals surface area contributed by atoms with Crippen LogP contribution in [-0.2, 0) is 9.59 Å². The molecule has 92 valence electrons. The van der Waals surface area contributed by atoms with Crippen LogP contribution in [-0.4, -0.2) is 16.7 Å². The normalized spacial score (nSPS) is 16.2. The molecule has 0 spiro atoms. The second kappa shape index (κ2) is 4.79. The van der Waals surface area contributed by atoms with Crippen LogP contribution in [0, 0.1) is 10.1 Å². The predicted octanol–water partition coefficient (Wildman–Crippen LogP) is 1.79. The van der Waals surface area contributed by atoms with Crippen LogP contribution in [0.1, 0.15) is 12.8 Å². The van der Waals surface area contributed by atoms with E-state index in [-0.39, 0.29) is 17.2 Å². The number of non-ortho nitro benzene ring substituents is 1. The minimum atomic E-state index is -0.646. The largest absolute Gasteiger partial charge is 0.423 e. The Labute approximate surface area is 102 Å². The number of allylic oxidation sites excluding steroid dienone is 1. The molecule has 1 aromatic carbocycles. The van der Waals surface area contributed by atoms with Crippen LogP contribution in [0.25, 0.3) is 0 Å².